The van der Waals surface area contributed by atoms with Gasteiger partial charge in [-0.25, -0.2) is 4.39 Å². The van der Waals surface area contributed by atoms with Crippen molar-refractivity contribution in [3.8, 4) is 0 Å². The molecule has 0 aliphatic heterocycles. The Morgan fingerprint density at radius 3 is 2.84 bits per heavy atom. The number of nitrogens with zero attached hydrogens (tertiary/aromatic N) is 2. The summed E-state index contributed by atoms with van der Waals surface area (Å²) >= 11 is 0. The molecule has 4 nitrogen and oxygen atoms in total. The second kappa shape index (κ2) is 7.47. The first-order valence-electron chi connectivity index (χ1n) is 8.47. The molecule has 0 N–H and O–H groups in total. The number of carbonyl (C=O) groups excluding carboxylic acids is 1. The first-order valence-corrected chi connectivity index (χ1v) is 8.47. The topological polar surface area (TPSA) is 46.3 Å². The van der Waals surface area contributed by atoms with Gasteiger partial charge in [-0.2, -0.15) is 0 Å². The van der Waals surface area contributed by atoms with Crippen LogP contribution in [0.15, 0.2) is 47.1 Å². The number of carbonyl (C=O) groups is 1. The maximum atomic E-state index is 13.5. The molecule has 25 heavy (non-hydrogen) atoms. The smallest absolute Gasteiger partial charge is 0.255 e. The summed E-state index contributed by atoms with van der Waals surface area (Å²) in [7, 11) is 0. The van der Waals surface area contributed by atoms with Crippen molar-refractivity contribution in [1.29, 1.82) is 0 Å². The van der Waals surface area contributed by atoms with Gasteiger partial charge in [0.25, 0.3) is 5.91 Å². The zero-order valence-electron chi connectivity index (χ0n) is 14.5. The number of rotatable bonds is 6. The molecule has 0 saturated carbocycles. The van der Waals surface area contributed by atoms with E-state index >= 15 is 0 Å². The van der Waals surface area contributed by atoms with Crippen LogP contribution in [0.25, 0.3) is 10.9 Å². The summed E-state index contributed by atoms with van der Waals surface area (Å²) in [4.78, 5) is 19.3. The maximum Gasteiger partial charge on any atom is 0.255 e. The van der Waals surface area contributed by atoms with Gasteiger partial charge in [0.15, 0.2) is 0 Å². The van der Waals surface area contributed by atoms with E-state index in [2.05, 4.69) is 11.9 Å². The van der Waals surface area contributed by atoms with Crippen LogP contribution in [0.2, 0.25) is 0 Å². The Hall–Kier alpha value is -2.69. The van der Waals surface area contributed by atoms with E-state index in [0.29, 0.717) is 35.2 Å². The van der Waals surface area contributed by atoms with Crippen LogP contribution < -0.4 is 0 Å². The number of halogens is 1. The fourth-order valence-corrected chi connectivity index (χ4v) is 2.87. The predicted molar refractivity (Wildman–Crippen MR) is 94.8 cm³/mol. The fraction of sp³-hybridized carbons (Fsp3) is 0.300. The van der Waals surface area contributed by atoms with Gasteiger partial charge in [-0.3, -0.25) is 9.78 Å². The van der Waals surface area contributed by atoms with Crippen molar-refractivity contribution in [3.05, 3.63) is 65.5 Å². The van der Waals surface area contributed by atoms with Gasteiger partial charge in [-0.1, -0.05) is 13.3 Å². The van der Waals surface area contributed by atoms with E-state index < -0.39 is 0 Å². The molecule has 0 atom stereocenters. The van der Waals surface area contributed by atoms with Crippen LogP contribution in [0.3, 0.4) is 0 Å². The van der Waals surface area contributed by atoms with Gasteiger partial charge in [0, 0.05) is 23.7 Å². The Bertz CT molecular complexity index is 870. The third-order valence-corrected chi connectivity index (χ3v) is 4.13. The minimum atomic E-state index is -0.359. The van der Waals surface area contributed by atoms with E-state index in [9.17, 15) is 9.18 Å². The first-order chi connectivity index (χ1) is 12.1. The zero-order valence-corrected chi connectivity index (χ0v) is 14.5. The Labute approximate surface area is 146 Å². The highest BCUT2D eigenvalue weighted by Gasteiger charge is 2.20. The highest BCUT2D eigenvalue weighted by molar-refractivity contribution is 6.06. The highest BCUT2D eigenvalue weighted by Crippen LogP contribution is 2.22. The number of aromatic nitrogens is 1. The van der Waals surface area contributed by atoms with Gasteiger partial charge >= 0.3 is 0 Å². The molecule has 1 amide bonds. The summed E-state index contributed by atoms with van der Waals surface area (Å²) in [5.74, 6) is 0.292. The zero-order chi connectivity index (χ0) is 17.8. The SMILES string of the molecule is CCCCN(Cc1ccco1)C(=O)c1cc(C)nc2cc(F)ccc12. The Morgan fingerprint density at radius 1 is 1.28 bits per heavy atom. The second-order valence-electron chi connectivity index (χ2n) is 6.13. The molecule has 0 radical (unpaired) electrons. The summed E-state index contributed by atoms with van der Waals surface area (Å²) in [5, 5.41) is 0.665. The van der Waals surface area contributed by atoms with Gasteiger partial charge in [0.2, 0.25) is 0 Å². The van der Waals surface area contributed by atoms with Crippen LogP contribution in [-0.4, -0.2) is 22.3 Å². The molecule has 0 bridgehead atoms. The summed E-state index contributed by atoms with van der Waals surface area (Å²) in [6, 6.07) is 9.78. The van der Waals surface area contributed by atoms with Gasteiger partial charge in [0.05, 0.1) is 23.9 Å². The van der Waals surface area contributed by atoms with Crippen molar-refractivity contribution in [1.82, 2.24) is 9.88 Å². The van der Waals surface area contributed by atoms with Crippen LogP contribution in [0.1, 0.15) is 41.6 Å². The number of fused-ring (bicyclic) bond motifs is 1. The largest absolute Gasteiger partial charge is 0.467 e. The molecule has 0 aliphatic carbocycles. The summed E-state index contributed by atoms with van der Waals surface area (Å²) < 4.78 is 18.9. The summed E-state index contributed by atoms with van der Waals surface area (Å²) in [6.45, 7) is 4.95. The third kappa shape index (κ3) is 3.87. The van der Waals surface area contributed by atoms with Crippen molar-refractivity contribution in [3.63, 3.8) is 0 Å². The van der Waals surface area contributed by atoms with E-state index in [4.69, 9.17) is 4.42 Å². The molecule has 0 saturated heterocycles. The molecular formula is C20H21FN2O2. The number of furan rings is 1. The van der Waals surface area contributed by atoms with Crippen molar-refractivity contribution in [2.45, 2.75) is 33.2 Å². The molecule has 2 heterocycles. The van der Waals surface area contributed by atoms with Crippen LogP contribution >= 0.6 is 0 Å². The Kier molecular flexibility index (Phi) is 5.12. The van der Waals surface area contributed by atoms with Crippen molar-refractivity contribution >= 4 is 16.8 Å². The first kappa shape index (κ1) is 17.1. The average Bonchev–Trinajstić information content (AvgIpc) is 3.10. The molecule has 1 aromatic carbocycles. The van der Waals surface area contributed by atoms with Crippen LogP contribution in [-0.2, 0) is 6.54 Å². The molecule has 0 aliphatic rings. The lowest BCUT2D eigenvalue weighted by Crippen LogP contribution is -2.31. The summed E-state index contributed by atoms with van der Waals surface area (Å²) in [5.41, 5.74) is 1.73. The molecule has 0 spiro atoms. The van der Waals surface area contributed by atoms with Crippen molar-refractivity contribution < 1.29 is 13.6 Å². The monoisotopic (exact) mass is 340 g/mol. The van der Waals surface area contributed by atoms with Gasteiger partial charge in [0.1, 0.15) is 11.6 Å². The van der Waals surface area contributed by atoms with E-state index in [1.54, 1.807) is 23.3 Å². The number of benzene rings is 1. The molecule has 5 heteroatoms. The molecule has 2 aromatic heterocycles. The lowest BCUT2D eigenvalue weighted by molar-refractivity contribution is 0.0731. The fourth-order valence-electron chi connectivity index (χ4n) is 2.87. The average molecular weight is 340 g/mol. The van der Waals surface area contributed by atoms with Crippen LogP contribution in [0.5, 0.6) is 0 Å². The number of pyridine rings is 1. The minimum absolute atomic E-state index is 0.0908. The standard InChI is InChI=1S/C20H21FN2O2/c1-3-4-9-23(13-16-6-5-10-25-16)20(24)18-11-14(2)22-19-12-15(21)7-8-17(18)19/h5-8,10-12H,3-4,9,13H2,1-2H3. The molecule has 0 unspecified atom stereocenters. The lowest BCUT2D eigenvalue weighted by atomic mass is 10.1. The van der Waals surface area contributed by atoms with E-state index in [-0.39, 0.29) is 11.7 Å². The molecule has 3 rings (SSSR count). The number of unbranched alkanes of at least 4 members (excludes halogenated alkanes) is 1. The normalized spacial score (nSPS) is 11.0. The lowest BCUT2D eigenvalue weighted by Gasteiger charge is -2.22. The van der Waals surface area contributed by atoms with Crippen molar-refractivity contribution in [2.75, 3.05) is 6.54 Å². The third-order valence-electron chi connectivity index (χ3n) is 4.13. The quantitative estimate of drug-likeness (QED) is 0.652. The van der Waals surface area contributed by atoms with E-state index in [1.807, 2.05) is 19.1 Å². The Morgan fingerprint density at radius 2 is 2.12 bits per heavy atom. The van der Waals surface area contributed by atoms with E-state index in [0.717, 1.165) is 18.6 Å². The number of hydrogen-bond acceptors (Lipinski definition) is 3. The van der Waals surface area contributed by atoms with Gasteiger partial charge in [-0.15, -0.1) is 0 Å². The van der Waals surface area contributed by atoms with Crippen LogP contribution in [0.4, 0.5) is 4.39 Å². The highest BCUT2D eigenvalue weighted by atomic mass is 19.1. The number of amides is 1. The maximum absolute atomic E-state index is 13.5. The molecular weight excluding hydrogens is 319 g/mol. The van der Waals surface area contributed by atoms with Crippen molar-refractivity contribution in [2.24, 2.45) is 0 Å². The second-order valence-corrected chi connectivity index (χ2v) is 6.13. The van der Waals surface area contributed by atoms with Gasteiger partial charge in [-0.05, 0) is 43.7 Å². The van der Waals surface area contributed by atoms with Crippen LogP contribution in [0, 0.1) is 12.7 Å². The van der Waals surface area contributed by atoms with Gasteiger partial charge < -0.3 is 9.32 Å². The molecule has 0 fully saturated rings. The molecule has 3 aromatic rings. The number of aryl methyl sites for hydroxylation is 1. The number of hydrogen-bond donors (Lipinski definition) is 0. The predicted octanol–water partition coefficient (Wildman–Crippen LogP) is 4.72. The Balaban J connectivity index is 1.99. The minimum Gasteiger partial charge on any atom is -0.467 e. The summed E-state index contributed by atoms with van der Waals surface area (Å²) in [6.07, 6.45) is 3.50. The van der Waals surface area contributed by atoms with E-state index in [1.165, 1.54) is 12.1 Å². The molecule has 130 valence electrons.